The predicted molar refractivity (Wildman–Crippen MR) is 117 cm³/mol. The molecule has 2 N–H and O–H groups in total. The Hall–Kier alpha value is -2.89. The maximum Gasteiger partial charge on any atom is 0.137 e. The van der Waals surface area contributed by atoms with Crippen molar-refractivity contribution in [2.75, 3.05) is 12.8 Å². The molecule has 0 atom stereocenters. The number of nitrogens with two attached hydrogens (primary N) is 1. The molecule has 2 heterocycles. The van der Waals surface area contributed by atoms with Gasteiger partial charge in [-0.15, -0.1) is 0 Å². The molecule has 146 valence electrons. The van der Waals surface area contributed by atoms with E-state index in [1.165, 1.54) is 0 Å². The highest BCUT2D eigenvalue weighted by molar-refractivity contribution is 6.34. The minimum absolute atomic E-state index is 0.497. The van der Waals surface area contributed by atoms with Gasteiger partial charge in [-0.25, -0.2) is 0 Å². The molecule has 0 aliphatic carbocycles. The van der Waals surface area contributed by atoms with Gasteiger partial charge in [0.15, 0.2) is 0 Å². The lowest BCUT2D eigenvalue weighted by molar-refractivity contribution is 0.415. The molecular formula is C22H18Cl2N4O. The highest BCUT2D eigenvalue weighted by atomic mass is 35.5. The summed E-state index contributed by atoms with van der Waals surface area (Å²) in [5.74, 6) is 0.634. The van der Waals surface area contributed by atoms with Crippen LogP contribution in [0, 0.1) is 0 Å². The molecule has 0 saturated carbocycles. The van der Waals surface area contributed by atoms with E-state index in [4.69, 9.17) is 33.7 Å². The maximum absolute atomic E-state index is 6.34. The minimum atomic E-state index is 0.497. The Kier molecular flexibility index (Phi) is 5.51. The van der Waals surface area contributed by atoms with Gasteiger partial charge in [-0.2, -0.15) is 10.2 Å². The first-order chi connectivity index (χ1) is 14.1. The molecule has 0 saturated heterocycles. The number of nitrogen functional groups attached to an aromatic ring is 1. The Morgan fingerprint density at radius 3 is 2.45 bits per heavy atom. The van der Waals surface area contributed by atoms with Crippen LogP contribution >= 0.6 is 23.2 Å². The third-order valence-electron chi connectivity index (χ3n) is 4.77. The molecule has 4 rings (SSSR count). The fourth-order valence-electron chi connectivity index (χ4n) is 3.33. The number of halogens is 2. The van der Waals surface area contributed by atoms with E-state index in [1.54, 1.807) is 19.4 Å². The van der Waals surface area contributed by atoms with Crippen LogP contribution < -0.4 is 10.5 Å². The number of pyridine rings is 1. The highest BCUT2D eigenvalue weighted by Gasteiger charge is 2.15. The average molecular weight is 425 g/mol. The second-order valence-corrected chi connectivity index (χ2v) is 7.48. The fraction of sp³-hybridized carbons (Fsp3) is 0.136. The molecule has 0 radical (unpaired) electrons. The van der Waals surface area contributed by atoms with Gasteiger partial charge in [0.1, 0.15) is 5.75 Å². The average Bonchev–Trinajstić information content (AvgIpc) is 2.73. The van der Waals surface area contributed by atoms with E-state index in [0.717, 1.165) is 33.3 Å². The molecule has 0 amide bonds. The van der Waals surface area contributed by atoms with Crippen LogP contribution in [0.1, 0.15) is 22.5 Å². The smallest absolute Gasteiger partial charge is 0.137 e. The quantitative estimate of drug-likeness (QED) is 0.450. The number of anilines is 1. The second-order valence-electron chi connectivity index (χ2n) is 6.66. The molecule has 0 fully saturated rings. The van der Waals surface area contributed by atoms with E-state index in [0.29, 0.717) is 34.3 Å². The van der Waals surface area contributed by atoms with Crippen molar-refractivity contribution in [3.8, 4) is 5.75 Å². The zero-order valence-corrected chi connectivity index (χ0v) is 17.2. The van der Waals surface area contributed by atoms with Crippen LogP contribution in [0.2, 0.25) is 10.0 Å². The van der Waals surface area contributed by atoms with Crippen LogP contribution in [-0.4, -0.2) is 22.3 Å². The number of ether oxygens (including phenoxy) is 1. The summed E-state index contributed by atoms with van der Waals surface area (Å²) in [7, 11) is 1.59. The SMILES string of the molecule is COc1ccc(Cc2nnc(Cc3cccnc3)c3c(N)c(Cl)ccc23)cc1Cl. The number of fused-ring (bicyclic) bond motifs is 1. The standard InChI is InChI=1S/C22H18Cl2N4O/c1-29-20-7-4-13(9-17(20)24)10-18-15-5-6-16(23)22(25)21(15)19(28-27-18)11-14-3-2-8-26-12-14/h2-9,12H,10-11,25H2,1H3. The van der Waals surface area contributed by atoms with Crippen molar-refractivity contribution >= 4 is 39.7 Å². The summed E-state index contributed by atoms with van der Waals surface area (Å²) < 4.78 is 5.23. The first kappa shape index (κ1) is 19.4. The minimum Gasteiger partial charge on any atom is -0.495 e. The van der Waals surface area contributed by atoms with Gasteiger partial charge in [0.2, 0.25) is 0 Å². The van der Waals surface area contributed by atoms with E-state index < -0.39 is 0 Å². The van der Waals surface area contributed by atoms with Crippen molar-refractivity contribution in [3.63, 3.8) is 0 Å². The van der Waals surface area contributed by atoms with Crippen molar-refractivity contribution in [1.82, 2.24) is 15.2 Å². The number of aromatic nitrogens is 3. The monoisotopic (exact) mass is 424 g/mol. The summed E-state index contributed by atoms with van der Waals surface area (Å²) in [5.41, 5.74) is 10.4. The Bertz CT molecular complexity index is 1180. The van der Waals surface area contributed by atoms with Gasteiger partial charge in [-0.1, -0.05) is 41.4 Å². The summed E-state index contributed by atoms with van der Waals surface area (Å²) >= 11 is 12.6. The van der Waals surface area contributed by atoms with Crippen LogP contribution in [0.5, 0.6) is 5.75 Å². The lowest BCUT2D eigenvalue weighted by atomic mass is 9.99. The van der Waals surface area contributed by atoms with E-state index in [2.05, 4.69) is 15.2 Å². The van der Waals surface area contributed by atoms with E-state index in [1.807, 2.05) is 42.6 Å². The van der Waals surface area contributed by atoms with Crippen molar-refractivity contribution in [2.45, 2.75) is 12.8 Å². The number of rotatable bonds is 5. The first-order valence-corrected chi connectivity index (χ1v) is 9.76. The molecule has 29 heavy (non-hydrogen) atoms. The van der Waals surface area contributed by atoms with E-state index >= 15 is 0 Å². The topological polar surface area (TPSA) is 73.9 Å². The Labute approximate surface area is 178 Å². The number of hydrogen-bond acceptors (Lipinski definition) is 5. The molecule has 0 spiro atoms. The van der Waals surface area contributed by atoms with Gasteiger partial charge in [0.25, 0.3) is 0 Å². The first-order valence-electron chi connectivity index (χ1n) is 9.00. The highest BCUT2D eigenvalue weighted by Crippen LogP contribution is 2.34. The Morgan fingerprint density at radius 2 is 1.72 bits per heavy atom. The molecule has 7 heteroatoms. The van der Waals surface area contributed by atoms with Crippen molar-refractivity contribution in [1.29, 1.82) is 0 Å². The van der Waals surface area contributed by atoms with Crippen LogP contribution in [0.3, 0.4) is 0 Å². The zero-order chi connectivity index (χ0) is 20.4. The number of benzene rings is 2. The summed E-state index contributed by atoms with van der Waals surface area (Å²) in [5, 5.41) is 11.8. The lowest BCUT2D eigenvalue weighted by Crippen LogP contribution is -2.05. The van der Waals surface area contributed by atoms with Crippen molar-refractivity contribution in [3.05, 3.63) is 87.4 Å². The number of methoxy groups -OCH3 is 1. The molecule has 2 aromatic carbocycles. The molecule has 5 nitrogen and oxygen atoms in total. The van der Waals surface area contributed by atoms with E-state index in [-0.39, 0.29) is 0 Å². The van der Waals surface area contributed by atoms with Gasteiger partial charge in [0.05, 0.1) is 34.2 Å². The van der Waals surface area contributed by atoms with Gasteiger partial charge in [0, 0.05) is 36.0 Å². The van der Waals surface area contributed by atoms with Gasteiger partial charge >= 0.3 is 0 Å². The Balaban J connectivity index is 1.79. The summed E-state index contributed by atoms with van der Waals surface area (Å²) in [6.07, 6.45) is 4.67. The normalized spacial score (nSPS) is 11.0. The molecule has 0 aliphatic heterocycles. The number of hydrogen-bond donors (Lipinski definition) is 1. The third kappa shape index (κ3) is 3.97. The molecule has 0 unspecified atom stereocenters. The summed E-state index contributed by atoms with van der Waals surface area (Å²) in [6, 6.07) is 13.3. The lowest BCUT2D eigenvalue weighted by Gasteiger charge is -2.13. The largest absolute Gasteiger partial charge is 0.495 e. The maximum atomic E-state index is 6.34. The van der Waals surface area contributed by atoms with Crippen LogP contribution in [0.15, 0.2) is 54.9 Å². The molecular weight excluding hydrogens is 407 g/mol. The predicted octanol–water partition coefficient (Wildman–Crippen LogP) is 5.10. The van der Waals surface area contributed by atoms with Crippen molar-refractivity contribution in [2.24, 2.45) is 0 Å². The molecule has 0 aliphatic rings. The molecule has 0 bridgehead atoms. The van der Waals surface area contributed by atoms with Gasteiger partial charge in [-0.3, -0.25) is 4.98 Å². The fourth-order valence-corrected chi connectivity index (χ4v) is 3.77. The summed E-state index contributed by atoms with van der Waals surface area (Å²) in [6.45, 7) is 0. The second kappa shape index (κ2) is 8.23. The van der Waals surface area contributed by atoms with Crippen LogP contribution in [-0.2, 0) is 12.8 Å². The zero-order valence-electron chi connectivity index (χ0n) is 15.7. The van der Waals surface area contributed by atoms with Crippen LogP contribution in [0.4, 0.5) is 5.69 Å². The number of nitrogens with zero attached hydrogens (tertiary/aromatic N) is 3. The summed E-state index contributed by atoms with van der Waals surface area (Å²) in [4.78, 5) is 4.17. The van der Waals surface area contributed by atoms with Gasteiger partial charge < -0.3 is 10.5 Å². The van der Waals surface area contributed by atoms with E-state index in [9.17, 15) is 0 Å². The van der Waals surface area contributed by atoms with Crippen LogP contribution in [0.25, 0.3) is 10.8 Å². The van der Waals surface area contributed by atoms with Crippen molar-refractivity contribution < 1.29 is 4.74 Å². The Morgan fingerprint density at radius 1 is 0.931 bits per heavy atom. The molecule has 2 aromatic heterocycles. The van der Waals surface area contributed by atoms with Gasteiger partial charge in [-0.05, 0) is 35.4 Å². The molecule has 4 aromatic rings. The third-order valence-corrected chi connectivity index (χ3v) is 5.39.